The molecule has 0 fully saturated rings. The van der Waals surface area contributed by atoms with E-state index in [1.807, 2.05) is 24.3 Å². The molecule has 2 atom stereocenters. The minimum absolute atomic E-state index is 0.161. The van der Waals surface area contributed by atoms with E-state index in [1.54, 1.807) is 36.4 Å². The summed E-state index contributed by atoms with van der Waals surface area (Å²) in [6, 6.07) is 21.6. The van der Waals surface area contributed by atoms with E-state index in [1.165, 1.54) is 24.3 Å². The standard InChI is InChI=1S/C26H20Cl2F2N2S2/c27-15-7-5-9-17(29)23(15)25(31-19-11-1-3-13-21(19)33)26(24-16(28)8-6-10-18(24)30)32-20-12-2-4-14-22(20)34/h1-14,25-26,31-34H. The van der Waals surface area contributed by atoms with Gasteiger partial charge in [-0.1, -0.05) is 59.6 Å². The molecule has 2 nitrogen and oxygen atoms in total. The van der Waals surface area contributed by atoms with Crippen molar-refractivity contribution in [1.82, 2.24) is 0 Å². The second-order valence-electron chi connectivity index (χ2n) is 7.55. The fraction of sp³-hybridized carbons (Fsp3) is 0.0769. The number of para-hydroxylation sites is 2. The van der Waals surface area contributed by atoms with Gasteiger partial charge in [-0.25, -0.2) is 8.78 Å². The number of hydrogen-bond donors (Lipinski definition) is 4. The van der Waals surface area contributed by atoms with Crippen LogP contribution in [-0.2, 0) is 0 Å². The lowest BCUT2D eigenvalue weighted by Gasteiger charge is -2.33. The molecule has 4 rings (SSSR count). The van der Waals surface area contributed by atoms with Gasteiger partial charge in [0.2, 0.25) is 0 Å². The van der Waals surface area contributed by atoms with Crippen LogP contribution in [0.2, 0.25) is 10.0 Å². The molecule has 0 aliphatic heterocycles. The van der Waals surface area contributed by atoms with Gasteiger partial charge in [0.15, 0.2) is 0 Å². The van der Waals surface area contributed by atoms with E-state index in [9.17, 15) is 0 Å². The van der Waals surface area contributed by atoms with E-state index in [2.05, 4.69) is 35.9 Å². The predicted molar refractivity (Wildman–Crippen MR) is 143 cm³/mol. The molecule has 0 saturated carbocycles. The molecule has 0 spiro atoms. The number of hydrogen-bond acceptors (Lipinski definition) is 4. The zero-order valence-corrected chi connectivity index (χ0v) is 20.9. The Morgan fingerprint density at radius 2 is 0.941 bits per heavy atom. The third kappa shape index (κ3) is 5.31. The molecule has 0 heterocycles. The molecule has 2 unspecified atom stereocenters. The number of benzene rings is 4. The Hall–Kier alpha value is -2.38. The number of halogens is 4. The Bertz CT molecular complexity index is 1180. The van der Waals surface area contributed by atoms with Crippen molar-refractivity contribution >= 4 is 59.8 Å². The van der Waals surface area contributed by atoms with Crippen LogP contribution >= 0.6 is 48.5 Å². The fourth-order valence-corrected chi connectivity index (χ4v) is 4.80. The summed E-state index contributed by atoms with van der Waals surface area (Å²) >= 11 is 22.1. The highest BCUT2D eigenvalue weighted by atomic mass is 35.5. The topological polar surface area (TPSA) is 24.1 Å². The SMILES string of the molecule is Fc1cccc(Cl)c1C(Nc1ccccc1S)C(Nc1ccccc1S)c1c(F)cccc1Cl. The van der Waals surface area contributed by atoms with Crippen molar-refractivity contribution in [1.29, 1.82) is 0 Å². The van der Waals surface area contributed by atoms with E-state index < -0.39 is 23.7 Å². The Balaban J connectivity index is 1.95. The summed E-state index contributed by atoms with van der Waals surface area (Å²) < 4.78 is 30.6. The minimum atomic E-state index is -0.885. The molecule has 0 aromatic heterocycles. The highest BCUT2D eigenvalue weighted by Crippen LogP contribution is 2.43. The maximum atomic E-state index is 15.3. The Morgan fingerprint density at radius 1 is 0.559 bits per heavy atom. The van der Waals surface area contributed by atoms with Crippen LogP contribution in [0.5, 0.6) is 0 Å². The van der Waals surface area contributed by atoms with Gasteiger partial charge in [0, 0.05) is 42.3 Å². The van der Waals surface area contributed by atoms with Crippen LogP contribution < -0.4 is 10.6 Å². The van der Waals surface area contributed by atoms with Gasteiger partial charge in [-0.2, -0.15) is 0 Å². The number of rotatable bonds is 7. The molecule has 4 aromatic rings. The monoisotopic (exact) mass is 532 g/mol. The molecule has 0 aliphatic carbocycles. The van der Waals surface area contributed by atoms with Crippen molar-refractivity contribution in [3.63, 3.8) is 0 Å². The van der Waals surface area contributed by atoms with E-state index in [-0.39, 0.29) is 21.2 Å². The highest BCUT2D eigenvalue weighted by molar-refractivity contribution is 7.80. The molecular formula is C26H20Cl2F2N2S2. The van der Waals surface area contributed by atoms with Crippen LogP contribution in [0.25, 0.3) is 0 Å². The third-order valence-corrected chi connectivity index (χ3v) is 6.82. The van der Waals surface area contributed by atoms with Gasteiger partial charge in [-0.3, -0.25) is 0 Å². The minimum Gasteiger partial charge on any atom is -0.375 e. The molecule has 174 valence electrons. The number of anilines is 2. The van der Waals surface area contributed by atoms with E-state index in [0.717, 1.165) is 0 Å². The average molecular weight is 533 g/mol. The number of nitrogens with one attached hydrogen (secondary N) is 2. The zero-order valence-electron chi connectivity index (χ0n) is 17.6. The van der Waals surface area contributed by atoms with Crippen LogP contribution in [0.15, 0.2) is 94.7 Å². The first kappa shape index (κ1) is 24.7. The van der Waals surface area contributed by atoms with Crippen LogP contribution in [0.3, 0.4) is 0 Å². The van der Waals surface area contributed by atoms with Crippen LogP contribution in [0, 0.1) is 11.6 Å². The van der Waals surface area contributed by atoms with Gasteiger partial charge in [0.1, 0.15) is 11.6 Å². The summed E-state index contributed by atoms with van der Waals surface area (Å²) in [7, 11) is 0. The molecule has 4 aromatic carbocycles. The lowest BCUT2D eigenvalue weighted by Crippen LogP contribution is -2.28. The predicted octanol–water partition coefficient (Wildman–Crippen LogP) is 8.86. The van der Waals surface area contributed by atoms with Crippen LogP contribution in [0.1, 0.15) is 23.2 Å². The summed E-state index contributed by atoms with van der Waals surface area (Å²) in [5.74, 6) is -1.08. The molecular weight excluding hydrogens is 513 g/mol. The van der Waals surface area contributed by atoms with Crippen molar-refractivity contribution in [2.75, 3.05) is 10.6 Å². The van der Waals surface area contributed by atoms with Gasteiger partial charge in [0.25, 0.3) is 0 Å². The van der Waals surface area contributed by atoms with Crippen molar-refractivity contribution in [3.05, 3.63) is 118 Å². The first-order valence-corrected chi connectivity index (χ1v) is 12.0. The van der Waals surface area contributed by atoms with E-state index in [0.29, 0.717) is 21.2 Å². The highest BCUT2D eigenvalue weighted by Gasteiger charge is 2.33. The molecule has 8 heteroatoms. The van der Waals surface area contributed by atoms with Crippen molar-refractivity contribution < 1.29 is 8.78 Å². The summed E-state index contributed by atoms with van der Waals surface area (Å²) in [6.07, 6.45) is 0. The zero-order chi connectivity index (χ0) is 24.2. The third-order valence-electron chi connectivity index (χ3n) is 5.38. The normalized spacial score (nSPS) is 12.8. The van der Waals surface area contributed by atoms with Gasteiger partial charge in [-0.15, -0.1) is 25.3 Å². The largest absolute Gasteiger partial charge is 0.375 e. The smallest absolute Gasteiger partial charge is 0.130 e. The van der Waals surface area contributed by atoms with Gasteiger partial charge in [-0.05, 0) is 48.5 Å². The first-order valence-electron chi connectivity index (χ1n) is 10.3. The van der Waals surface area contributed by atoms with Gasteiger partial charge < -0.3 is 10.6 Å². The molecule has 2 N–H and O–H groups in total. The number of thiol groups is 2. The van der Waals surface area contributed by atoms with E-state index in [4.69, 9.17) is 23.2 Å². The summed E-state index contributed by atoms with van der Waals surface area (Å²) in [5, 5.41) is 7.02. The second-order valence-corrected chi connectivity index (χ2v) is 9.33. The summed E-state index contributed by atoms with van der Waals surface area (Å²) in [6.45, 7) is 0. The molecule has 34 heavy (non-hydrogen) atoms. The molecule has 0 bridgehead atoms. The fourth-order valence-electron chi connectivity index (χ4n) is 3.79. The lowest BCUT2D eigenvalue weighted by molar-refractivity contribution is 0.538. The Kier molecular flexibility index (Phi) is 7.94. The molecule has 0 aliphatic rings. The summed E-state index contributed by atoms with van der Waals surface area (Å²) in [5.41, 5.74) is 1.56. The first-order chi connectivity index (χ1) is 16.4. The Labute approximate surface area is 218 Å². The van der Waals surface area contributed by atoms with Crippen LogP contribution in [0.4, 0.5) is 20.2 Å². The average Bonchev–Trinajstić information content (AvgIpc) is 2.80. The molecule has 0 saturated heterocycles. The second kappa shape index (κ2) is 10.9. The van der Waals surface area contributed by atoms with Crippen molar-refractivity contribution in [2.45, 2.75) is 21.9 Å². The van der Waals surface area contributed by atoms with Crippen LogP contribution in [-0.4, -0.2) is 0 Å². The quantitative estimate of drug-likeness (QED) is 0.179. The maximum Gasteiger partial charge on any atom is 0.130 e. The summed E-state index contributed by atoms with van der Waals surface area (Å²) in [4.78, 5) is 1.26. The van der Waals surface area contributed by atoms with Gasteiger partial charge in [0.05, 0.1) is 12.1 Å². The molecule has 0 radical (unpaired) electrons. The van der Waals surface area contributed by atoms with Gasteiger partial charge >= 0.3 is 0 Å². The van der Waals surface area contributed by atoms with E-state index >= 15 is 8.78 Å². The Morgan fingerprint density at radius 3 is 1.29 bits per heavy atom. The lowest BCUT2D eigenvalue weighted by atomic mass is 9.91. The van der Waals surface area contributed by atoms with Crippen molar-refractivity contribution in [3.8, 4) is 0 Å². The van der Waals surface area contributed by atoms with Crippen molar-refractivity contribution in [2.24, 2.45) is 0 Å². The molecule has 0 amide bonds. The maximum absolute atomic E-state index is 15.3.